The van der Waals surface area contributed by atoms with E-state index in [0.29, 0.717) is 46.0 Å². The summed E-state index contributed by atoms with van der Waals surface area (Å²) in [6, 6.07) is 5.34. The molecule has 0 aliphatic heterocycles. The number of rotatable bonds is 7. The van der Waals surface area contributed by atoms with Crippen LogP contribution in [-0.4, -0.2) is 38.9 Å². The van der Waals surface area contributed by atoms with Crippen molar-refractivity contribution in [2.75, 3.05) is 6.61 Å². The van der Waals surface area contributed by atoms with Gasteiger partial charge in [-0.2, -0.15) is 0 Å². The maximum absolute atomic E-state index is 13.2. The van der Waals surface area contributed by atoms with Crippen LogP contribution >= 0.6 is 0 Å². The van der Waals surface area contributed by atoms with Gasteiger partial charge in [0.2, 0.25) is 0 Å². The maximum Gasteiger partial charge on any atom is 0.407 e. The van der Waals surface area contributed by atoms with Gasteiger partial charge in [0.15, 0.2) is 12.2 Å². The molecule has 37 heavy (non-hydrogen) atoms. The van der Waals surface area contributed by atoms with E-state index < -0.39 is 11.7 Å². The lowest BCUT2D eigenvalue weighted by atomic mass is 10.0. The van der Waals surface area contributed by atoms with E-state index >= 15 is 0 Å². The van der Waals surface area contributed by atoms with Crippen molar-refractivity contribution < 1.29 is 18.7 Å². The van der Waals surface area contributed by atoms with Crippen molar-refractivity contribution in [2.45, 2.75) is 59.6 Å². The van der Waals surface area contributed by atoms with Gasteiger partial charge in [-0.25, -0.2) is 9.78 Å². The van der Waals surface area contributed by atoms with Gasteiger partial charge in [-0.15, -0.1) is 0 Å². The lowest BCUT2D eigenvalue weighted by molar-refractivity contribution is 0.0480. The highest BCUT2D eigenvalue weighted by Crippen LogP contribution is 2.36. The molecule has 0 aliphatic carbocycles. The molecule has 0 unspecified atom stereocenters. The van der Waals surface area contributed by atoms with Crippen molar-refractivity contribution in [3.8, 4) is 17.1 Å². The van der Waals surface area contributed by atoms with Crippen LogP contribution in [0.15, 0.2) is 46.2 Å². The number of nitrogens with zero attached hydrogens (tertiary/aromatic N) is 3. The number of nitrogens with one attached hydrogen (secondary N) is 1. The molecule has 1 N–H and O–H groups in total. The number of oxazole rings is 1. The van der Waals surface area contributed by atoms with Crippen molar-refractivity contribution >= 4 is 27.8 Å². The molecule has 0 bridgehead atoms. The monoisotopic (exact) mass is 506 g/mol. The first-order valence-electron chi connectivity index (χ1n) is 12.4. The minimum atomic E-state index is -0.605. The first kappa shape index (κ1) is 26.2. The smallest absolute Gasteiger partial charge is 0.407 e. The van der Waals surface area contributed by atoms with Crippen LogP contribution in [0.4, 0.5) is 4.79 Å². The molecule has 9 nitrogen and oxygen atoms in total. The van der Waals surface area contributed by atoms with E-state index in [9.17, 15) is 9.59 Å². The fraction of sp³-hybridized carbons (Fsp3) is 0.429. The minimum Gasteiger partial charge on any atom is -0.491 e. The van der Waals surface area contributed by atoms with Crippen LogP contribution < -0.4 is 15.6 Å². The van der Waals surface area contributed by atoms with Gasteiger partial charge < -0.3 is 23.8 Å². The van der Waals surface area contributed by atoms with E-state index in [2.05, 4.69) is 29.1 Å². The molecule has 0 spiro atoms. The van der Waals surface area contributed by atoms with Crippen LogP contribution in [-0.2, 0) is 11.8 Å². The van der Waals surface area contributed by atoms with Gasteiger partial charge in [0, 0.05) is 24.7 Å². The standard InChI is InChI=1S/C28H34N4O5/c1-16(2)10-18(31-27(34)37-28(4,5)6)14-35-23-12-22-20(11-21(23)24-13-29-15-36-24)19-8-9-30-17(3)25(19)26(33)32(22)7/h8-9,11-13,15-16,18H,10,14H2,1-7H3,(H,31,34)/t18-/m0/s1. The molecule has 196 valence electrons. The number of hydrogen-bond acceptors (Lipinski definition) is 7. The molecule has 1 aromatic carbocycles. The number of aromatic nitrogens is 3. The van der Waals surface area contributed by atoms with Crippen molar-refractivity contribution in [3.63, 3.8) is 0 Å². The summed E-state index contributed by atoms with van der Waals surface area (Å²) in [7, 11) is 1.74. The lowest BCUT2D eigenvalue weighted by Gasteiger charge is -2.25. The molecule has 4 rings (SSSR count). The second-order valence-corrected chi connectivity index (χ2v) is 10.7. The Labute approximate surface area is 215 Å². The number of amides is 1. The number of alkyl carbamates (subject to hydrolysis) is 1. The van der Waals surface area contributed by atoms with Crippen LogP contribution in [0.25, 0.3) is 33.0 Å². The number of carbonyl (C=O) groups is 1. The average Bonchev–Trinajstić information content (AvgIpc) is 3.33. The first-order valence-corrected chi connectivity index (χ1v) is 12.4. The summed E-state index contributed by atoms with van der Waals surface area (Å²) >= 11 is 0. The number of pyridine rings is 2. The number of carbonyl (C=O) groups excluding carboxylic acids is 1. The summed E-state index contributed by atoms with van der Waals surface area (Å²) in [4.78, 5) is 34.1. The fourth-order valence-corrected chi connectivity index (χ4v) is 4.46. The Hall–Kier alpha value is -3.88. The van der Waals surface area contributed by atoms with Crippen molar-refractivity contribution in [1.82, 2.24) is 19.9 Å². The molecule has 3 aromatic heterocycles. The molecule has 9 heteroatoms. The molecule has 1 atom stereocenters. The SMILES string of the molecule is Cc1nccc2c1c(=O)n(C)c1cc(OC[C@H](CC(C)C)NC(=O)OC(C)(C)C)c(-c3cnco3)cc21. The third-order valence-corrected chi connectivity index (χ3v) is 6.02. The molecule has 0 saturated carbocycles. The summed E-state index contributed by atoms with van der Waals surface area (Å²) in [6.07, 6.45) is 4.89. The maximum atomic E-state index is 13.2. The lowest BCUT2D eigenvalue weighted by Crippen LogP contribution is -2.42. The molecule has 0 fully saturated rings. The Balaban J connectivity index is 1.77. The highest BCUT2D eigenvalue weighted by Gasteiger charge is 2.22. The van der Waals surface area contributed by atoms with Crippen LogP contribution in [0.3, 0.4) is 0 Å². The number of aryl methyl sites for hydroxylation is 2. The summed E-state index contributed by atoms with van der Waals surface area (Å²) in [5, 5.41) is 5.19. The van der Waals surface area contributed by atoms with Gasteiger partial charge in [0.05, 0.1) is 34.4 Å². The number of ether oxygens (including phenoxy) is 2. The Morgan fingerprint density at radius 1 is 1.22 bits per heavy atom. The fourth-order valence-electron chi connectivity index (χ4n) is 4.46. The summed E-state index contributed by atoms with van der Waals surface area (Å²) in [5.74, 6) is 1.37. The molecule has 0 radical (unpaired) electrons. The average molecular weight is 507 g/mol. The topological polar surface area (TPSA) is 108 Å². The van der Waals surface area contributed by atoms with Gasteiger partial charge >= 0.3 is 6.09 Å². The van der Waals surface area contributed by atoms with Gasteiger partial charge in [-0.05, 0) is 57.6 Å². The largest absolute Gasteiger partial charge is 0.491 e. The first-order chi connectivity index (χ1) is 17.4. The van der Waals surface area contributed by atoms with Crippen molar-refractivity contribution in [1.29, 1.82) is 0 Å². The summed E-state index contributed by atoms with van der Waals surface area (Å²) in [6.45, 7) is 11.7. The highest BCUT2D eigenvalue weighted by molar-refractivity contribution is 6.08. The van der Waals surface area contributed by atoms with E-state index in [-0.39, 0.29) is 18.2 Å². The van der Waals surface area contributed by atoms with E-state index in [4.69, 9.17) is 13.9 Å². The molecular formula is C28H34N4O5. The number of hydrogen-bond donors (Lipinski definition) is 1. The van der Waals surface area contributed by atoms with Gasteiger partial charge in [-0.3, -0.25) is 9.78 Å². The van der Waals surface area contributed by atoms with E-state index in [1.165, 1.54) is 6.39 Å². The zero-order valence-corrected chi connectivity index (χ0v) is 22.4. The number of benzene rings is 1. The zero-order chi connectivity index (χ0) is 26.9. The Kier molecular flexibility index (Phi) is 7.25. The highest BCUT2D eigenvalue weighted by atomic mass is 16.6. The third kappa shape index (κ3) is 5.76. The van der Waals surface area contributed by atoms with Crippen molar-refractivity contribution in [2.24, 2.45) is 13.0 Å². The Bertz CT molecular complexity index is 1480. The second-order valence-electron chi connectivity index (χ2n) is 10.7. The second kappa shape index (κ2) is 10.2. The molecule has 0 aliphatic rings. The molecule has 4 aromatic rings. The van der Waals surface area contributed by atoms with Crippen molar-refractivity contribution in [3.05, 3.63) is 53.0 Å². The molecule has 0 saturated heterocycles. The van der Waals surface area contributed by atoms with E-state index in [1.54, 1.807) is 24.0 Å². The minimum absolute atomic E-state index is 0.129. The van der Waals surface area contributed by atoms with E-state index in [0.717, 1.165) is 10.8 Å². The Morgan fingerprint density at radius 2 is 1.97 bits per heavy atom. The van der Waals surface area contributed by atoms with E-state index in [1.807, 2.05) is 45.9 Å². The van der Waals surface area contributed by atoms with Gasteiger partial charge in [0.25, 0.3) is 5.56 Å². The normalized spacial score (nSPS) is 12.8. The number of fused-ring (bicyclic) bond motifs is 3. The quantitative estimate of drug-likeness (QED) is 0.336. The molecule has 1 amide bonds. The van der Waals surface area contributed by atoms with Crippen LogP contribution in [0, 0.1) is 12.8 Å². The summed E-state index contributed by atoms with van der Waals surface area (Å²) in [5.41, 5.74) is 1.34. The zero-order valence-electron chi connectivity index (χ0n) is 22.4. The van der Waals surface area contributed by atoms with Gasteiger partial charge in [-0.1, -0.05) is 13.8 Å². The van der Waals surface area contributed by atoms with Crippen LogP contribution in [0.1, 0.15) is 46.7 Å². The predicted octanol–water partition coefficient (Wildman–Crippen LogP) is 5.37. The van der Waals surface area contributed by atoms with Gasteiger partial charge in [0.1, 0.15) is 18.0 Å². The van der Waals surface area contributed by atoms with Crippen LogP contribution in [0.5, 0.6) is 5.75 Å². The Morgan fingerprint density at radius 3 is 2.62 bits per heavy atom. The predicted molar refractivity (Wildman–Crippen MR) is 143 cm³/mol. The molecule has 3 heterocycles. The summed E-state index contributed by atoms with van der Waals surface area (Å²) < 4.78 is 19.0. The molecular weight excluding hydrogens is 472 g/mol. The van der Waals surface area contributed by atoms with Crippen LogP contribution in [0.2, 0.25) is 0 Å². The third-order valence-electron chi connectivity index (χ3n) is 6.02.